The molecule has 0 radical (unpaired) electrons. The Kier molecular flexibility index (Phi) is 4.41. The Bertz CT molecular complexity index is 1150. The number of carbonyl (C=O) groups is 4. The molecule has 5 heterocycles. The van der Waals surface area contributed by atoms with Crippen molar-refractivity contribution in [2.75, 3.05) is 6.54 Å². The molecule has 0 aliphatic carbocycles. The zero-order chi connectivity index (χ0) is 21.7. The summed E-state index contributed by atoms with van der Waals surface area (Å²) in [5.41, 5.74) is 1.05. The summed E-state index contributed by atoms with van der Waals surface area (Å²) >= 11 is 0. The zero-order valence-electron chi connectivity index (χ0n) is 16.6. The minimum Gasteiger partial charge on any atom is -0.449 e. The summed E-state index contributed by atoms with van der Waals surface area (Å²) in [6.07, 6.45) is 2.71. The van der Waals surface area contributed by atoms with E-state index >= 15 is 0 Å². The van der Waals surface area contributed by atoms with Gasteiger partial charge >= 0.3 is 0 Å². The van der Waals surface area contributed by atoms with Crippen LogP contribution in [-0.4, -0.2) is 61.1 Å². The molecule has 31 heavy (non-hydrogen) atoms. The lowest BCUT2D eigenvalue weighted by atomic mass is 10.0. The maximum Gasteiger partial charge on any atom is 0.278 e. The van der Waals surface area contributed by atoms with Gasteiger partial charge in [-0.2, -0.15) is 4.98 Å². The van der Waals surface area contributed by atoms with Crippen molar-refractivity contribution in [1.82, 2.24) is 30.2 Å². The molecule has 2 aromatic rings. The fourth-order valence-electron chi connectivity index (χ4n) is 4.11. The van der Waals surface area contributed by atoms with Gasteiger partial charge in [-0.15, -0.1) is 0 Å². The standard InChI is InChI=1S/C19H18N6O6/c1-9-20-11(8-30-9)16-22-14(31-23-16)7-24-6-2-3-10-15(24)19(29)25(18(10)28)12-4-5-13(26)21-17(12)27/h8,12H,2-7H2,1H3,(H,21,26,27). The van der Waals surface area contributed by atoms with Crippen molar-refractivity contribution in [1.29, 1.82) is 0 Å². The normalized spacial score (nSPS) is 21.8. The first-order valence-corrected chi connectivity index (χ1v) is 9.87. The third kappa shape index (κ3) is 3.20. The van der Waals surface area contributed by atoms with Crippen LogP contribution in [0.1, 0.15) is 37.5 Å². The second-order valence-corrected chi connectivity index (χ2v) is 7.56. The Morgan fingerprint density at radius 1 is 1.16 bits per heavy atom. The largest absolute Gasteiger partial charge is 0.449 e. The average Bonchev–Trinajstić information content (AvgIpc) is 3.43. The molecule has 0 bridgehead atoms. The molecule has 0 spiro atoms. The number of hydrogen-bond donors (Lipinski definition) is 1. The van der Waals surface area contributed by atoms with Crippen LogP contribution < -0.4 is 5.32 Å². The molecule has 0 aromatic carbocycles. The van der Waals surface area contributed by atoms with Crippen LogP contribution in [-0.2, 0) is 25.7 Å². The van der Waals surface area contributed by atoms with Crippen molar-refractivity contribution in [2.24, 2.45) is 0 Å². The predicted molar refractivity (Wildman–Crippen MR) is 99.2 cm³/mol. The second kappa shape index (κ2) is 7.15. The van der Waals surface area contributed by atoms with Crippen molar-refractivity contribution in [3.05, 3.63) is 29.3 Å². The van der Waals surface area contributed by atoms with E-state index in [0.29, 0.717) is 36.5 Å². The van der Waals surface area contributed by atoms with Crippen molar-refractivity contribution in [3.63, 3.8) is 0 Å². The van der Waals surface area contributed by atoms with Gasteiger partial charge in [0.15, 0.2) is 5.89 Å². The van der Waals surface area contributed by atoms with E-state index in [2.05, 4.69) is 20.4 Å². The SMILES string of the molecule is Cc1nc(-c2noc(CN3CCCC4=C3C(=O)N(C3CCC(=O)NC3=O)C4=O)n2)co1. The first kappa shape index (κ1) is 19.2. The molecular weight excluding hydrogens is 408 g/mol. The number of carbonyl (C=O) groups excluding carboxylic acids is 4. The Morgan fingerprint density at radius 3 is 2.74 bits per heavy atom. The Balaban J connectivity index is 1.38. The van der Waals surface area contributed by atoms with Crippen LogP contribution in [0.2, 0.25) is 0 Å². The molecule has 5 rings (SSSR count). The first-order chi connectivity index (χ1) is 14.9. The van der Waals surface area contributed by atoms with Crippen LogP contribution in [0.15, 0.2) is 26.5 Å². The molecule has 4 amide bonds. The molecule has 1 fully saturated rings. The summed E-state index contributed by atoms with van der Waals surface area (Å²) in [6.45, 7) is 2.34. The van der Waals surface area contributed by atoms with Crippen LogP contribution in [0.5, 0.6) is 0 Å². The van der Waals surface area contributed by atoms with Crippen molar-refractivity contribution < 1.29 is 28.1 Å². The Morgan fingerprint density at radius 2 is 2.00 bits per heavy atom. The zero-order valence-corrected chi connectivity index (χ0v) is 16.6. The number of nitrogens with one attached hydrogen (secondary N) is 1. The summed E-state index contributed by atoms with van der Waals surface area (Å²) in [6, 6.07) is -0.990. The van der Waals surface area contributed by atoms with Crippen LogP contribution in [0.25, 0.3) is 11.5 Å². The maximum atomic E-state index is 13.2. The van der Waals surface area contributed by atoms with Gasteiger partial charge in [-0.05, 0) is 19.3 Å². The van der Waals surface area contributed by atoms with E-state index in [9.17, 15) is 19.2 Å². The molecule has 3 aliphatic rings. The molecule has 2 aromatic heterocycles. The third-order valence-electron chi connectivity index (χ3n) is 5.52. The molecular formula is C19H18N6O6. The number of aryl methyl sites for hydroxylation is 1. The molecule has 1 atom stereocenters. The van der Waals surface area contributed by atoms with Gasteiger partial charge in [-0.1, -0.05) is 5.16 Å². The lowest BCUT2D eigenvalue weighted by molar-refractivity contribution is -0.150. The Labute approximate surface area is 175 Å². The highest BCUT2D eigenvalue weighted by Crippen LogP contribution is 2.34. The van der Waals surface area contributed by atoms with Crippen LogP contribution in [0, 0.1) is 6.92 Å². The number of aromatic nitrogens is 3. The third-order valence-corrected chi connectivity index (χ3v) is 5.52. The highest BCUT2D eigenvalue weighted by molar-refractivity contribution is 6.21. The van der Waals surface area contributed by atoms with Gasteiger partial charge < -0.3 is 13.8 Å². The summed E-state index contributed by atoms with van der Waals surface area (Å²) < 4.78 is 10.4. The number of imide groups is 2. The van der Waals surface area contributed by atoms with Gasteiger partial charge in [0, 0.05) is 25.5 Å². The van der Waals surface area contributed by atoms with E-state index in [4.69, 9.17) is 8.94 Å². The number of amides is 4. The molecule has 3 aliphatic heterocycles. The van der Waals surface area contributed by atoms with Gasteiger partial charge in [-0.25, -0.2) is 4.98 Å². The maximum absolute atomic E-state index is 13.2. The molecule has 12 heteroatoms. The van der Waals surface area contributed by atoms with Gasteiger partial charge in [-0.3, -0.25) is 29.4 Å². The fraction of sp³-hybridized carbons (Fsp3) is 0.421. The molecule has 12 nitrogen and oxygen atoms in total. The van der Waals surface area contributed by atoms with Gasteiger partial charge in [0.1, 0.15) is 23.7 Å². The van der Waals surface area contributed by atoms with Crippen molar-refractivity contribution >= 4 is 23.6 Å². The second-order valence-electron chi connectivity index (χ2n) is 7.56. The molecule has 160 valence electrons. The highest BCUT2D eigenvalue weighted by Gasteiger charge is 2.48. The molecule has 1 saturated heterocycles. The lowest BCUT2D eigenvalue weighted by Crippen LogP contribution is -2.55. The quantitative estimate of drug-likeness (QED) is 0.664. The smallest absolute Gasteiger partial charge is 0.278 e. The minimum absolute atomic E-state index is 0.0775. The van der Waals surface area contributed by atoms with Gasteiger partial charge in [0.05, 0.1) is 6.54 Å². The fourth-order valence-corrected chi connectivity index (χ4v) is 4.11. The van der Waals surface area contributed by atoms with E-state index in [1.54, 1.807) is 11.8 Å². The van der Waals surface area contributed by atoms with Gasteiger partial charge in [0.25, 0.3) is 11.8 Å². The monoisotopic (exact) mass is 426 g/mol. The van der Waals surface area contributed by atoms with Crippen LogP contribution in [0.3, 0.4) is 0 Å². The van der Waals surface area contributed by atoms with Crippen LogP contribution >= 0.6 is 0 Å². The summed E-state index contributed by atoms with van der Waals surface area (Å²) in [4.78, 5) is 60.9. The number of oxazole rings is 1. The average molecular weight is 426 g/mol. The first-order valence-electron chi connectivity index (χ1n) is 9.87. The number of rotatable bonds is 4. The molecule has 0 saturated carbocycles. The van der Waals surface area contributed by atoms with E-state index in [1.165, 1.54) is 6.26 Å². The highest BCUT2D eigenvalue weighted by atomic mass is 16.5. The number of piperidine rings is 1. The summed E-state index contributed by atoms with van der Waals surface area (Å²) in [5.74, 6) is -1.08. The molecule has 1 N–H and O–H groups in total. The van der Waals surface area contributed by atoms with E-state index in [1.807, 2.05) is 0 Å². The lowest BCUT2D eigenvalue weighted by Gasteiger charge is -2.29. The molecule has 1 unspecified atom stereocenters. The van der Waals surface area contributed by atoms with Crippen molar-refractivity contribution in [3.8, 4) is 11.5 Å². The topological polar surface area (TPSA) is 152 Å². The van der Waals surface area contributed by atoms with E-state index < -0.39 is 29.7 Å². The van der Waals surface area contributed by atoms with Gasteiger partial charge in [0.2, 0.25) is 23.5 Å². The van der Waals surface area contributed by atoms with Crippen molar-refractivity contribution in [2.45, 2.75) is 45.2 Å². The summed E-state index contributed by atoms with van der Waals surface area (Å²) in [7, 11) is 0. The summed E-state index contributed by atoms with van der Waals surface area (Å²) in [5, 5.41) is 6.09. The van der Waals surface area contributed by atoms with E-state index in [-0.39, 0.29) is 36.8 Å². The van der Waals surface area contributed by atoms with Crippen LogP contribution in [0.4, 0.5) is 0 Å². The number of nitrogens with zero attached hydrogens (tertiary/aromatic N) is 5. The van der Waals surface area contributed by atoms with E-state index in [0.717, 1.165) is 4.90 Å². The number of hydrogen-bond acceptors (Lipinski definition) is 10. The Hall–Kier alpha value is -3.83. The minimum atomic E-state index is -0.990. The predicted octanol–water partition coefficient (Wildman–Crippen LogP) is 0.0569.